The van der Waals surface area contributed by atoms with Gasteiger partial charge in [-0.15, -0.1) is 0 Å². The summed E-state index contributed by atoms with van der Waals surface area (Å²) < 4.78 is 9.99. The van der Waals surface area contributed by atoms with Gasteiger partial charge >= 0.3 is 6.09 Å². The van der Waals surface area contributed by atoms with E-state index in [1.54, 1.807) is 7.11 Å². The van der Waals surface area contributed by atoms with Crippen molar-refractivity contribution < 1.29 is 14.3 Å². The maximum atomic E-state index is 11.3. The fourth-order valence-corrected chi connectivity index (χ4v) is 1.31. The average Bonchev–Trinajstić information content (AvgIpc) is 2.32. The van der Waals surface area contributed by atoms with Crippen LogP contribution < -0.4 is 5.32 Å². The van der Waals surface area contributed by atoms with Crippen LogP contribution in [0.5, 0.6) is 0 Å². The van der Waals surface area contributed by atoms with Crippen molar-refractivity contribution in [3.63, 3.8) is 0 Å². The number of benzene rings is 1. The van der Waals surface area contributed by atoms with Gasteiger partial charge < -0.3 is 9.47 Å². The molecule has 0 atom stereocenters. The lowest BCUT2D eigenvalue weighted by molar-refractivity contribution is 0.160. The lowest BCUT2D eigenvalue weighted by atomic mass is 10.2. The maximum absolute atomic E-state index is 11.3. The number of unbranched alkanes of at least 4 members (excludes halogenated alkanes) is 1. The van der Waals surface area contributed by atoms with Gasteiger partial charge in [0.05, 0.1) is 13.2 Å². The molecule has 0 aliphatic carbocycles. The van der Waals surface area contributed by atoms with E-state index in [0.29, 0.717) is 13.2 Å². The van der Waals surface area contributed by atoms with E-state index >= 15 is 0 Å². The van der Waals surface area contributed by atoms with Gasteiger partial charge in [-0.05, 0) is 24.1 Å². The van der Waals surface area contributed by atoms with E-state index in [1.807, 2.05) is 24.3 Å². The molecular formula is C13H19NO3. The van der Waals surface area contributed by atoms with Crippen LogP contribution in [0.4, 0.5) is 10.5 Å². The van der Waals surface area contributed by atoms with E-state index in [0.717, 1.165) is 24.1 Å². The summed E-state index contributed by atoms with van der Waals surface area (Å²) in [6.07, 6.45) is 1.50. The van der Waals surface area contributed by atoms with Gasteiger partial charge in [0, 0.05) is 12.8 Å². The smallest absolute Gasteiger partial charge is 0.411 e. The fourth-order valence-electron chi connectivity index (χ4n) is 1.31. The molecule has 0 bridgehead atoms. The molecule has 17 heavy (non-hydrogen) atoms. The number of hydrogen-bond donors (Lipinski definition) is 1. The third-order valence-corrected chi connectivity index (χ3v) is 2.24. The van der Waals surface area contributed by atoms with Crippen molar-refractivity contribution in [1.29, 1.82) is 0 Å². The zero-order valence-corrected chi connectivity index (χ0v) is 10.4. The fraction of sp³-hybridized carbons (Fsp3) is 0.462. The van der Waals surface area contributed by atoms with Crippen LogP contribution in [0.2, 0.25) is 0 Å². The molecule has 0 radical (unpaired) electrons. The molecule has 1 aromatic rings. The van der Waals surface area contributed by atoms with Crippen molar-refractivity contribution in [2.24, 2.45) is 0 Å². The number of methoxy groups -OCH3 is 1. The van der Waals surface area contributed by atoms with Crippen LogP contribution in [0.25, 0.3) is 0 Å². The molecule has 0 aliphatic heterocycles. The van der Waals surface area contributed by atoms with Crippen LogP contribution in [-0.4, -0.2) is 19.8 Å². The van der Waals surface area contributed by atoms with Gasteiger partial charge in [0.15, 0.2) is 0 Å². The summed E-state index contributed by atoms with van der Waals surface area (Å²) in [5, 5.41) is 2.67. The summed E-state index contributed by atoms with van der Waals surface area (Å²) in [5.41, 5.74) is 1.80. The van der Waals surface area contributed by atoms with Crippen LogP contribution in [0, 0.1) is 0 Å². The zero-order chi connectivity index (χ0) is 12.5. The molecule has 0 saturated carbocycles. The molecular weight excluding hydrogens is 218 g/mol. The molecule has 0 aliphatic rings. The molecule has 0 saturated heterocycles. The average molecular weight is 237 g/mol. The molecule has 0 fully saturated rings. The number of rotatable bonds is 6. The summed E-state index contributed by atoms with van der Waals surface area (Å²) in [5.74, 6) is 0. The number of nitrogens with one attached hydrogen (secondary N) is 1. The van der Waals surface area contributed by atoms with Crippen molar-refractivity contribution in [3.8, 4) is 0 Å². The molecule has 0 spiro atoms. The van der Waals surface area contributed by atoms with E-state index in [1.165, 1.54) is 0 Å². The van der Waals surface area contributed by atoms with Crippen molar-refractivity contribution >= 4 is 11.8 Å². The summed E-state index contributed by atoms with van der Waals surface area (Å²) >= 11 is 0. The number of amides is 1. The van der Waals surface area contributed by atoms with Crippen LogP contribution in [0.1, 0.15) is 25.3 Å². The monoisotopic (exact) mass is 237 g/mol. The molecule has 1 rings (SSSR count). The quantitative estimate of drug-likeness (QED) is 0.773. The Labute approximate surface area is 102 Å². The lowest BCUT2D eigenvalue weighted by Gasteiger charge is -2.07. The van der Waals surface area contributed by atoms with Gasteiger partial charge in [0.2, 0.25) is 0 Å². The van der Waals surface area contributed by atoms with E-state index in [4.69, 9.17) is 9.47 Å². The molecule has 1 aromatic carbocycles. The van der Waals surface area contributed by atoms with Gasteiger partial charge in [0.1, 0.15) is 0 Å². The topological polar surface area (TPSA) is 47.6 Å². The Morgan fingerprint density at radius 3 is 2.59 bits per heavy atom. The Hall–Kier alpha value is -1.55. The Balaban J connectivity index is 2.37. The van der Waals surface area contributed by atoms with E-state index < -0.39 is 6.09 Å². The van der Waals surface area contributed by atoms with E-state index in [-0.39, 0.29) is 0 Å². The van der Waals surface area contributed by atoms with Gasteiger partial charge in [-0.2, -0.15) is 0 Å². The largest absolute Gasteiger partial charge is 0.449 e. The zero-order valence-electron chi connectivity index (χ0n) is 10.4. The van der Waals surface area contributed by atoms with Crippen molar-refractivity contribution in [3.05, 3.63) is 29.8 Å². The minimum absolute atomic E-state index is 0.405. The van der Waals surface area contributed by atoms with Crippen LogP contribution in [-0.2, 0) is 16.1 Å². The van der Waals surface area contributed by atoms with Crippen molar-refractivity contribution in [1.82, 2.24) is 0 Å². The second-order valence-corrected chi connectivity index (χ2v) is 3.74. The highest BCUT2D eigenvalue weighted by Gasteiger charge is 2.02. The third-order valence-electron chi connectivity index (χ3n) is 2.24. The van der Waals surface area contributed by atoms with Crippen LogP contribution in [0.3, 0.4) is 0 Å². The molecule has 94 valence electrons. The standard InChI is InChI=1S/C13H19NO3/c1-3-4-9-17-13(15)14-12-7-5-11(6-8-12)10-16-2/h5-8H,3-4,9-10H2,1-2H3,(H,14,15). The predicted molar refractivity (Wildman–Crippen MR) is 67.0 cm³/mol. The summed E-state index contributed by atoms with van der Waals surface area (Å²) in [4.78, 5) is 11.3. The minimum Gasteiger partial charge on any atom is -0.449 e. The molecule has 0 aromatic heterocycles. The second kappa shape index (κ2) is 7.68. The molecule has 0 unspecified atom stereocenters. The van der Waals surface area contributed by atoms with Gasteiger partial charge in [-0.3, -0.25) is 5.32 Å². The maximum Gasteiger partial charge on any atom is 0.411 e. The highest BCUT2D eigenvalue weighted by molar-refractivity contribution is 5.84. The SMILES string of the molecule is CCCCOC(=O)Nc1ccc(COC)cc1. The highest BCUT2D eigenvalue weighted by atomic mass is 16.5. The first kappa shape index (κ1) is 13.5. The Bertz CT molecular complexity index is 335. The summed E-state index contributed by atoms with van der Waals surface area (Å²) in [6.45, 7) is 3.08. The molecule has 4 heteroatoms. The second-order valence-electron chi connectivity index (χ2n) is 3.74. The van der Waals surface area contributed by atoms with E-state index in [9.17, 15) is 4.79 Å². The first-order chi connectivity index (χ1) is 8.26. The first-order valence-electron chi connectivity index (χ1n) is 5.78. The van der Waals surface area contributed by atoms with Gasteiger partial charge in [0.25, 0.3) is 0 Å². The van der Waals surface area contributed by atoms with Gasteiger partial charge in [-0.25, -0.2) is 4.79 Å². The van der Waals surface area contributed by atoms with Crippen LogP contribution in [0.15, 0.2) is 24.3 Å². The Kier molecular flexibility index (Phi) is 6.10. The Morgan fingerprint density at radius 1 is 1.29 bits per heavy atom. The molecule has 4 nitrogen and oxygen atoms in total. The highest BCUT2D eigenvalue weighted by Crippen LogP contribution is 2.10. The minimum atomic E-state index is -0.405. The number of anilines is 1. The first-order valence-corrected chi connectivity index (χ1v) is 5.78. The predicted octanol–water partition coefficient (Wildman–Crippen LogP) is 3.18. The van der Waals surface area contributed by atoms with Gasteiger partial charge in [-0.1, -0.05) is 25.5 Å². The summed E-state index contributed by atoms with van der Waals surface area (Å²) in [7, 11) is 1.65. The summed E-state index contributed by atoms with van der Waals surface area (Å²) in [6, 6.07) is 7.47. The number of ether oxygens (including phenoxy) is 2. The normalized spacial score (nSPS) is 10.0. The van der Waals surface area contributed by atoms with Crippen molar-refractivity contribution in [2.45, 2.75) is 26.4 Å². The van der Waals surface area contributed by atoms with Crippen molar-refractivity contribution in [2.75, 3.05) is 19.0 Å². The molecule has 0 heterocycles. The number of carbonyl (C=O) groups is 1. The number of carbonyl (C=O) groups excluding carboxylic acids is 1. The number of hydrogen-bond acceptors (Lipinski definition) is 3. The van der Waals surface area contributed by atoms with Crippen LogP contribution >= 0.6 is 0 Å². The lowest BCUT2D eigenvalue weighted by Crippen LogP contribution is -2.14. The van der Waals surface area contributed by atoms with E-state index in [2.05, 4.69) is 12.2 Å². The molecule has 1 amide bonds. The molecule has 1 N–H and O–H groups in total. The third kappa shape index (κ3) is 5.36. The Morgan fingerprint density at radius 2 is 2.00 bits per heavy atom.